The lowest BCUT2D eigenvalue weighted by molar-refractivity contribution is 0.0672. The van der Waals surface area contributed by atoms with Crippen molar-refractivity contribution < 1.29 is 9.18 Å². The quantitative estimate of drug-likeness (QED) is 0.820. The van der Waals surface area contributed by atoms with Crippen LogP contribution in [0.4, 0.5) is 10.1 Å². The zero-order valence-electron chi connectivity index (χ0n) is 10.7. The third-order valence-corrected chi connectivity index (χ3v) is 3.67. The molecule has 1 atom stereocenters. The fraction of sp³-hybridized carbons (Fsp3) is 0.500. The number of nitrogens with zero attached hydrogens (tertiary/aromatic N) is 1. The summed E-state index contributed by atoms with van der Waals surface area (Å²) in [6, 6.07) is 4.40. The van der Waals surface area contributed by atoms with Gasteiger partial charge in [0.05, 0.1) is 11.3 Å². The second-order valence-corrected chi connectivity index (χ2v) is 4.87. The van der Waals surface area contributed by atoms with E-state index in [0.717, 1.165) is 25.9 Å². The van der Waals surface area contributed by atoms with Crippen LogP contribution in [0.15, 0.2) is 18.2 Å². The standard InChI is InChI=1S/C14H19FN2O/c1-2-10-5-4-8-17(9-10)14(18)11-6-3-7-12(15)13(11)16/h3,6-7,10H,2,4-5,8-9,16H2,1H3. The molecule has 0 spiro atoms. The molecule has 0 aliphatic carbocycles. The third kappa shape index (κ3) is 2.47. The van der Waals surface area contributed by atoms with E-state index >= 15 is 0 Å². The van der Waals surface area contributed by atoms with E-state index in [-0.39, 0.29) is 17.2 Å². The van der Waals surface area contributed by atoms with Gasteiger partial charge in [0.1, 0.15) is 5.82 Å². The molecule has 3 nitrogen and oxygen atoms in total. The molecule has 1 fully saturated rings. The summed E-state index contributed by atoms with van der Waals surface area (Å²) in [5.74, 6) is -0.118. The van der Waals surface area contributed by atoms with Crippen LogP contribution in [-0.4, -0.2) is 23.9 Å². The van der Waals surface area contributed by atoms with Gasteiger partial charge in [0.25, 0.3) is 5.91 Å². The topological polar surface area (TPSA) is 46.3 Å². The van der Waals surface area contributed by atoms with Gasteiger partial charge in [0, 0.05) is 13.1 Å². The predicted octanol–water partition coefficient (Wildman–Crippen LogP) is 2.67. The Morgan fingerprint density at radius 2 is 2.33 bits per heavy atom. The highest BCUT2D eigenvalue weighted by Gasteiger charge is 2.25. The first-order valence-corrected chi connectivity index (χ1v) is 6.46. The molecule has 0 bridgehead atoms. The van der Waals surface area contributed by atoms with Gasteiger partial charge in [0.15, 0.2) is 0 Å². The molecule has 1 unspecified atom stereocenters. The lowest BCUT2D eigenvalue weighted by Crippen LogP contribution is -2.40. The molecule has 4 heteroatoms. The Kier molecular flexibility index (Phi) is 3.84. The van der Waals surface area contributed by atoms with Crippen LogP contribution in [0.3, 0.4) is 0 Å². The van der Waals surface area contributed by atoms with Crippen molar-refractivity contribution in [3.63, 3.8) is 0 Å². The minimum Gasteiger partial charge on any atom is -0.396 e. The van der Waals surface area contributed by atoms with Crippen molar-refractivity contribution in [1.82, 2.24) is 4.90 Å². The van der Waals surface area contributed by atoms with Crippen molar-refractivity contribution in [2.45, 2.75) is 26.2 Å². The number of halogens is 1. The average Bonchev–Trinajstić information content (AvgIpc) is 2.41. The van der Waals surface area contributed by atoms with Gasteiger partial charge in [-0.2, -0.15) is 0 Å². The first-order chi connectivity index (χ1) is 8.63. The lowest BCUT2D eigenvalue weighted by atomic mass is 9.95. The number of hydrogen-bond acceptors (Lipinski definition) is 2. The highest BCUT2D eigenvalue weighted by molar-refractivity contribution is 5.99. The molecule has 0 aromatic heterocycles. The molecule has 2 N–H and O–H groups in total. The second kappa shape index (κ2) is 5.38. The number of likely N-dealkylation sites (tertiary alicyclic amines) is 1. The largest absolute Gasteiger partial charge is 0.396 e. The maximum absolute atomic E-state index is 13.4. The molecule has 2 rings (SSSR count). The number of rotatable bonds is 2. The summed E-state index contributed by atoms with van der Waals surface area (Å²) >= 11 is 0. The van der Waals surface area contributed by atoms with E-state index in [1.165, 1.54) is 18.6 Å². The van der Waals surface area contributed by atoms with E-state index in [0.29, 0.717) is 5.92 Å². The first kappa shape index (κ1) is 12.9. The van der Waals surface area contributed by atoms with Crippen LogP contribution in [0.2, 0.25) is 0 Å². The fourth-order valence-corrected chi connectivity index (χ4v) is 2.48. The van der Waals surface area contributed by atoms with E-state index < -0.39 is 5.82 Å². The van der Waals surface area contributed by atoms with Crippen LogP contribution >= 0.6 is 0 Å². The summed E-state index contributed by atoms with van der Waals surface area (Å²) in [5.41, 5.74) is 5.88. The molecule has 1 amide bonds. The molecule has 0 saturated carbocycles. The molecule has 1 saturated heterocycles. The Hall–Kier alpha value is -1.58. The number of anilines is 1. The summed E-state index contributed by atoms with van der Waals surface area (Å²) in [6.07, 6.45) is 3.25. The van der Waals surface area contributed by atoms with Crippen molar-refractivity contribution in [3.8, 4) is 0 Å². The van der Waals surface area contributed by atoms with Gasteiger partial charge in [-0.25, -0.2) is 4.39 Å². The number of nitrogens with two attached hydrogens (primary N) is 1. The highest BCUT2D eigenvalue weighted by Crippen LogP contribution is 2.23. The second-order valence-electron chi connectivity index (χ2n) is 4.87. The Morgan fingerprint density at radius 3 is 3.06 bits per heavy atom. The van der Waals surface area contributed by atoms with Crippen LogP contribution < -0.4 is 5.73 Å². The SMILES string of the molecule is CCC1CCCN(C(=O)c2cccc(F)c2N)C1. The number of carbonyl (C=O) groups excluding carboxylic acids is 1. The summed E-state index contributed by atoms with van der Waals surface area (Å²) in [7, 11) is 0. The maximum atomic E-state index is 13.4. The molecule has 18 heavy (non-hydrogen) atoms. The van der Waals surface area contributed by atoms with E-state index in [4.69, 9.17) is 5.73 Å². The minimum atomic E-state index is -0.523. The fourth-order valence-electron chi connectivity index (χ4n) is 2.48. The van der Waals surface area contributed by atoms with E-state index in [1.807, 2.05) is 0 Å². The van der Waals surface area contributed by atoms with E-state index in [2.05, 4.69) is 6.92 Å². The summed E-state index contributed by atoms with van der Waals surface area (Å²) in [6.45, 7) is 3.63. The molecule has 1 aromatic carbocycles. The zero-order chi connectivity index (χ0) is 13.1. The van der Waals surface area contributed by atoms with Crippen molar-refractivity contribution in [3.05, 3.63) is 29.6 Å². The van der Waals surface area contributed by atoms with Gasteiger partial charge in [-0.1, -0.05) is 19.4 Å². The molecule has 1 aliphatic heterocycles. The predicted molar refractivity (Wildman–Crippen MR) is 69.7 cm³/mol. The molecule has 1 heterocycles. The number of hydrogen-bond donors (Lipinski definition) is 1. The van der Waals surface area contributed by atoms with Gasteiger partial charge >= 0.3 is 0 Å². The zero-order valence-corrected chi connectivity index (χ0v) is 10.7. The number of para-hydroxylation sites is 1. The lowest BCUT2D eigenvalue weighted by Gasteiger charge is -2.32. The molecule has 1 aliphatic rings. The monoisotopic (exact) mass is 250 g/mol. The number of piperidine rings is 1. The van der Waals surface area contributed by atoms with E-state index in [1.54, 1.807) is 11.0 Å². The Morgan fingerprint density at radius 1 is 1.56 bits per heavy atom. The first-order valence-electron chi connectivity index (χ1n) is 6.46. The number of carbonyl (C=O) groups is 1. The van der Waals surface area contributed by atoms with Gasteiger partial charge in [-0.05, 0) is 30.9 Å². The minimum absolute atomic E-state index is 0.0406. The molecular formula is C14H19FN2O. The van der Waals surface area contributed by atoms with Crippen LogP contribution in [-0.2, 0) is 0 Å². The molecule has 0 radical (unpaired) electrons. The Balaban J connectivity index is 2.18. The summed E-state index contributed by atoms with van der Waals surface area (Å²) < 4.78 is 13.4. The van der Waals surface area contributed by atoms with Gasteiger partial charge in [0.2, 0.25) is 0 Å². The smallest absolute Gasteiger partial charge is 0.256 e. The molecule has 98 valence electrons. The Labute approximate surface area is 107 Å². The van der Waals surface area contributed by atoms with E-state index in [9.17, 15) is 9.18 Å². The molecule has 1 aromatic rings. The van der Waals surface area contributed by atoms with Crippen molar-refractivity contribution in [2.24, 2.45) is 5.92 Å². The van der Waals surface area contributed by atoms with Crippen LogP contribution in [0.25, 0.3) is 0 Å². The Bertz CT molecular complexity index is 447. The van der Waals surface area contributed by atoms with Crippen molar-refractivity contribution in [2.75, 3.05) is 18.8 Å². The maximum Gasteiger partial charge on any atom is 0.256 e. The van der Waals surface area contributed by atoms with Crippen molar-refractivity contribution in [1.29, 1.82) is 0 Å². The van der Waals surface area contributed by atoms with Gasteiger partial charge < -0.3 is 10.6 Å². The number of benzene rings is 1. The van der Waals surface area contributed by atoms with Crippen molar-refractivity contribution >= 4 is 11.6 Å². The van der Waals surface area contributed by atoms with Crippen LogP contribution in [0, 0.1) is 11.7 Å². The number of nitrogen functional groups attached to an aromatic ring is 1. The van der Waals surface area contributed by atoms with Gasteiger partial charge in [-0.3, -0.25) is 4.79 Å². The summed E-state index contributed by atoms with van der Waals surface area (Å²) in [5, 5.41) is 0. The number of amides is 1. The highest BCUT2D eigenvalue weighted by atomic mass is 19.1. The third-order valence-electron chi connectivity index (χ3n) is 3.67. The van der Waals surface area contributed by atoms with Crippen LogP contribution in [0.5, 0.6) is 0 Å². The normalized spacial score (nSPS) is 19.9. The van der Waals surface area contributed by atoms with Crippen LogP contribution in [0.1, 0.15) is 36.5 Å². The summed E-state index contributed by atoms with van der Waals surface area (Å²) in [4.78, 5) is 14.1. The average molecular weight is 250 g/mol. The van der Waals surface area contributed by atoms with Gasteiger partial charge in [-0.15, -0.1) is 0 Å². The molecular weight excluding hydrogens is 231 g/mol.